The van der Waals surface area contributed by atoms with Gasteiger partial charge in [0.25, 0.3) is 0 Å². The van der Waals surface area contributed by atoms with Gasteiger partial charge in [0.2, 0.25) is 0 Å². The van der Waals surface area contributed by atoms with Crippen molar-refractivity contribution < 1.29 is 24.1 Å². The summed E-state index contributed by atoms with van der Waals surface area (Å²) in [6, 6.07) is 15.7. The molecule has 0 bridgehead atoms. The molecule has 2 heterocycles. The zero-order valence-corrected chi connectivity index (χ0v) is 17.7. The van der Waals surface area contributed by atoms with Gasteiger partial charge < -0.3 is 29.5 Å². The molecule has 1 fully saturated rings. The fourth-order valence-electron chi connectivity index (χ4n) is 4.14. The quantitative estimate of drug-likeness (QED) is 0.708. The SMILES string of the molecule is O=C(OCc1ccccc1)N1CCC(CCO)(NCc2ccc3c(c2)OCCO3)CC1. The Labute approximate surface area is 182 Å². The molecule has 1 saturated heterocycles. The largest absolute Gasteiger partial charge is 0.486 e. The number of carbonyl (C=O) groups is 1. The van der Waals surface area contributed by atoms with Crippen LogP contribution >= 0.6 is 0 Å². The predicted molar refractivity (Wildman–Crippen MR) is 116 cm³/mol. The second-order valence-electron chi connectivity index (χ2n) is 8.11. The molecule has 0 spiro atoms. The summed E-state index contributed by atoms with van der Waals surface area (Å²) in [4.78, 5) is 14.2. The van der Waals surface area contributed by atoms with E-state index in [4.69, 9.17) is 14.2 Å². The molecule has 2 aliphatic rings. The molecule has 0 saturated carbocycles. The summed E-state index contributed by atoms with van der Waals surface area (Å²) >= 11 is 0. The van der Waals surface area contributed by atoms with Crippen molar-refractivity contribution in [2.75, 3.05) is 32.9 Å². The van der Waals surface area contributed by atoms with E-state index in [1.807, 2.05) is 48.5 Å². The number of aliphatic hydroxyl groups excluding tert-OH is 1. The first-order chi connectivity index (χ1) is 15.2. The van der Waals surface area contributed by atoms with Crippen molar-refractivity contribution in [3.8, 4) is 11.5 Å². The van der Waals surface area contributed by atoms with Gasteiger partial charge in [0.1, 0.15) is 19.8 Å². The van der Waals surface area contributed by atoms with Crippen LogP contribution in [-0.2, 0) is 17.9 Å². The van der Waals surface area contributed by atoms with Crippen molar-refractivity contribution in [3.05, 3.63) is 59.7 Å². The van der Waals surface area contributed by atoms with E-state index < -0.39 is 0 Å². The minimum Gasteiger partial charge on any atom is -0.486 e. The van der Waals surface area contributed by atoms with E-state index in [1.54, 1.807) is 4.90 Å². The average Bonchev–Trinajstić information content (AvgIpc) is 2.82. The number of fused-ring (bicyclic) bond motifs is 1. The predicted octanol–water partition coefficient (Wildman–Crippen LogP) is 3.10. The molecule has 2 aromatic carbocycles. The fourth-order valence-corrected chi connectivity index (χ4v) is 4.14. The Morgan fingerprint density at radius 3 is 2.52 bits per heavy atom. The summed E-state index contributed by atoms with van der Waals surface area (Å²) in [6.45, 7) is 3.38. The number of carbonyl (C=O) groups excluding carboxylic acids is 1. The highest BCUT2D eigenvalue weighted by atomic mass is 16.6. The zero-order valence-electron chi connectivity index (χ0n) is 17.7. The zero-order chi connectivity index (χ0) is 21.5. The summed E-state index contributed by atoms with van der Waals surface area (Å²) in [7, 11) is 0. The third kappa shape index (κ3) is 5.48. The third-order valence-electron chi connectivity index (χ3n) is 6.05. The van der Waals surface area contributed by atoms with Crippen molar-refractivity contribution >= 4 is 6.09 Å². The number of likely N-dealkylation sites (tertiary alicyclic amines) is 1. The average molecular weight is 427 g/mol. The number of ether oxygens (including phenoxy) is 3. The van der Waals surface area contributed by atoms with Gasteiger partial charge in [-0.3, -0.25) is 0 Å². The minimum atomic E-state index is -0.284. The molecule has 0 atom stereocenters. The first-order valence-corrected chi connectivity index (χ1v) is 10.9. The number of amides is 1. The van der Waals surface area contributed by atoms with Crippen LogP contribution in [0.2, 0.25) is 0 Å². The number of hydrogen-bond donors (Lipinski definition) is 2. The van der Waals surface area contributed by atoms with Gasteiger partial charge >= 0.3 is 6.09 Å². The third-order valence-corrected chi connectivity index (χ3v) is 6.05. The normalized spacial score (nSPS) is 17.3. The van der Waals surface area contributed by atoms with Gasteiger partial charge in [0.15, 0.2) is 11.5 Å². The minimum absolute atomic E-state index is 0.104. The highest BCUT2D eigenvalue weighted by Crippen LogP contribution is 2.32. The van der Waals surface area contributed by atoms with Crippen LogP contribution < -0.4 is 14.8 Å². The first kappa shape index (κ1) is 21.5. The number of benzene rings is 2. The number of aliphatic hydroxyl groups is 1. The maximum atomic E-state index is 12.5. The molecular formula is C24H30N2O5. The van der Waals surface area contributed by atoms with E-state index in [2.05, 4.69) is 5.32 Å². The van der Waals surface area contributed by atoms with Crippen LogP contribution in [0.25, 0.3) is 0 Å². The second-order valence-corrected chi connectivity index (χ2v) is 8.11. The Kier molecular flexibility index (Phi) is 6.94. The van der Waals surface area contributed by atoms with Gasteiger partial charge in [0, 0.05) is 31.8 Å². The van der Waals surface area contributed by atoms with Gasteiger partial charge in [-0.25, -0.2) is 4.79 Å². The first-order valence-electron chi connectivity index (χ1n) is 10.9. The lowest BCUT2D eigenvalue weighted by Crippen LogP contribution is -2.54. The monoisotopic (exact) mass is 426 g/mol. The maximum Gasteiger partial charge on any atom is 0.410 e. The lowest BCUT2D eigenvalue weighted by Gasteiger charge is -2.42. The van der Waals surface area contributed by atoms with Gasteiger partial charge in [-0.15, -0.1) is 0 Å². The van der Waals surface area contributed by atoms with Crippen LogP contribution in [0.4, 0.5) is 4.79 Å². The molecule has 2 aliphatic heterocycles. The van der Waals surface area contributed by atoms with Crippen LogP contribution in [0, 0.1) is 0 Å². The van der Waals surface area contributed by atoms with Gasteiger partial charge in [-0.1, -0.05) is 36.4 Å². The van der Waals surface area contributed by atoms with E-state index in [-0.39, 0.29) is 24.8 Å². The lowest BCUT2D eigenvalue weighted by atomic mass is 9.84. The Bertz CT molecular complexity index is 866. The Morgan fingerprint density at radius 1 is 1.03 bits per heavy atom. The maximum absolute atomic E-state index is 12.5. The second kappa shape index (κ2) is 10.0. The van der Waals surface area contributed by atoms with Crippen LogP contribution in [0.3, 0.4) is 0 Å². The van der Waals surface area contributed by atoms with Crippen molar-refractivity contribution in [3.63, 3.8) is 0 Å². The summed E-state index contributed by atoms with van der Waals surface area (Å²) in [5.74, 6) is 1.56. The number of rotatable bonds is 7. The highest BCUT2D eigenvalue weighted by Gasteiger charge is 2.35. The molecule has 166 valence electrons. The molecule has 2 aromatic rings. The molecule has 1 amide bonds. The van der Waals surface area contributed by atoms with E-state index in [0.29, 0.717) is 39.3 Å². The van der Waals surface area contributed by atoms with Crippen LogP contribution in [0.15, 0.2) is 48.5 Å². The molecular weight excluding hydrogens is 396 g/mol. The lowest BCUT2D eigenvalue weighted by molar-refractivity contribution is 0.0655. The highest BCUT2D eigenvalue weighted by molar-refractivity contribution is 5.67. The topological polar surface area (TPSA) is 80.3 Å². The van der Waals surface area contributed by atoms with E-state index in [9.17, 15) is 9.90 Å². The van der Waals surface area contributed by atoms with Crippen LogP contribution in [0.1, 0.15) is 30.4 Å². The van der Waals surface area contributed by atoms with Crippen LogP contribution in [0.5, 0.6) is 11.5 Å². The van der Waals surface area contributed by atoms with Gasteiger partial charge in [-0.05, 0) is 42.5 Å². The van der Waals surface area contributed by atoms with E-state index >= 15 is 0 Å². The van der Waals surface area contributed by atoms with E-state index in [1.165, 1.54) is 0 Å². The smallest absolute Gasteiger partial charge is 0.410 e. The number of nitrogens with one attached hydrogen (secondary N) is 1. The Balaban J connectivity index is 1.30. The molecule has 31 heavy (non-hydrogen) atoms. The molecule has 7 heteroatoms. The van der Waals surface area contributed by atoms with Crippen molar-refractivity contribution in [2.24, 2.45) is 0 Å². The number of piperidine rings is 1. The fraction of sp³-hybridized carbons (Fsp3) is 0.458. The van der Waals surface area contributed by atoms with Crippen molar-refractivity contribution in [1.82, 2.24) is 10.2 Å². The molecule has 2 N–H and O–H groups in total. The van der Waals surface area contributed by atoms with Crippen molar-refractivity contribution in [1.29, 1.82) is 0 Å². The standard InChI is InChI=1S/C24H30N2O5/c27-13-10-24(25-17-20-6-7-21-22(16-20)30-15-14-29-21)8-11-26(12-9-24)23(28)31-18-19-4-2-1-3-5-19/h1-7,16,25,27H,8-15,17-18H2. The number of hydrogen-bond acceptors (Lipinski definition) is 6. The summed E-state index contributed by atoms with van der Waals surface area (Å²) < 4.78 is 16.7. The molecule has 7 nitrogen and oxygen atoms in total. The molecule has 0 unspecified atom stereocenters. The molecule has 0 aromatic heterocycles. The Hall–Kier alpha value is -2.77. The van der Waals surface area contributed by atoms with E-state index in [0.717, 1.165) is 35.5 Å². The molecule has 4 rings (SSSR count). The Morgan fingerprint density at radius 2 is 1.77 bits per heavy atom. The van der Waals surface area contributed by atoms with Crippen molar-refractivity contribution in [2.45, 2.75) is 38.0 Å². The molecule has 0 radical (unpaired) electrons. The van der Waals surface area contributed by atoms with Crippen LogP contribution in [-0.4, -0.2) is 54.5 Å². The summed E-state index contributed by atoms with van der Waals surface area (Å²) in [5, 5.41) is 13.3. The number of nitrogens with zero attached hydrogens (tertiary/aromatic N) is 1. The van der Waals surface area contributed by atoms with Gasteiger partial charge in [0.05, 0.1) is 0 Å². The summed E-state index contributed by atoms with van der Waals surface area (Å²) in [5.41, 5.74) is 1.87. The van der Waals surface area contributed by atoms with Gasteiger partial charge in [-0.2, -0.15) is 0 Å². The summed E-state index contributed by atoms with van der Waals surface area (Å²) in [6.07, 6.45) is 1.88. The molecule has 0 aliphatic carbocycles.